The highest BCUT2D eigenvalue weighted by Gasteiger charge is 2.34. The third-order valence-electron chi connectivity index (χ3n) is 3.91. The zero-order valence-corrected chi connectivity index (χ0v) is 13.1. The second-order valence-electron chi connectivity index (χ2n) is 5.94. The molecule has 1 aromatic carbocycles. The minimum absolute atomic E-state index is 0.0757. The van der Waals surface area contributed by atoms with Crippen molar-refractivity contribution in [2.45, 2.75) is 19.5 Å². The third kappa shape index (κ3) is 6.06. The number of rotatable bonds is 5. The first-order valence-electron chi connectivity index (χ1n) is 7.64. The van der Waals surface area contributed by atoms with E-state index in [9.17, 15) is 18.0 Å². The lowest BCUT2D eigenvalue weighted by atomic mass is 10.1. The predicted molar refractivity (Wildman–Crippen MR) is 83.7 cm³/mol. The molecule has 1 saturated heterocycles. The van der Waals surface area contributed by atoms with Gasteiger partial charge in [-0.1, -0.05) is 30.3 Å². The molecule has 3 nitrogen and oxygen atoms in total. The molecule has 23 heavy (non-hydrogen) atoms. The number of allylic oxidation sites excluding steroid dienone is 1. The van der Waals surface area contributed by atoms with E-state index in [1.54, 1.807) is 0 Å². The van der Waals surface area contributed by atoms with E-state index in [-0.39, 0.29) is 11.8 Å². The summed E-state index contributed by atoms with van der Waals surface area (Å²) < 4.78 is 37.0. The van der Waals surface area contributed by atoms with E-state index in [2.05, 4.69) is 5.32 Å². The van der Waals surface area contributed by atoms with Gasteiger partial charge in [0.25, 0.3) is 0 Å². The lowest BCUT2D eigenvalue weighted by Gasteiger charge is -2.17. The van der Waals surface area contributed by atoms with Gasteiger partial charge in [-0.05, 0) is 36.9 Å². The van der Waals surface area contributed by atoms with Crippen molar-refractivity contribution < 1.29 is 18.0 Å². The Morgan fingerprint density at radius 2 is 2.04 bits per heavy atom. The fourth-order valence-corrected chi connectivity index (χ4v) is 2.75. The maximum atomic E-state index is 12.3. The molecule has 1 aliphatic rings. The van der Waals surface area contributed by atoms with Crippen molar-refractivity contribution in [3.05, 3.63) is 42.0 Å². The molecule has 0 saturated carbocycles. The van der Waals surface area contributed by atoms with Crippen molar-refractivity contribution in [2.75, 3.05) is 26.2 Å². The molecule has 1 fully saturated rings. The second-order valence-corrected chi connectivity index (χ2v) is 5.94. The van der Waals surface area contributed by atoms with Crippen LogP contribution in [-0.4, -0.2) is 43.2 Å². The Labute approximate surface area is 134 Å². The van der Waals surface area contributed by atoms with Crippen LogP contribution < -0.4 is 5.32 Å². The first kappa shape index (κ1) is 17.5. The number of carbonyl (C=O) groups is 1. The van der Waals surface area contributed by atoms with E-state index in [0.717, 1.165) is 11.1 Å². The Kier molecular flexibility index (Phi) is 5.82. The number of nitrogens with one attached hydrogen (secondary N) is 1. The Morgan fingerprint density at radius 3 is 2.70 bits per heavy atom. The van der Waals surface area contributed by atoms with Gasteiger partial charge in [-0.2, -0.15) is 13.2 Å². The number of carbonyl (C=O) groups excluding carboxylic acids is 1. The van der Waals surface area contributed by atoms with Gasteiger partial charge in [0.05, 0.1) is 6.54 Å². The van der Waals surface area contributed by atoms with Gasteiger partial charge in [-0.25, -0.2) is 0 Å². The molecule has 1 aliphatic heterocycles. The Bertz CT molecular complexity index is 555. The Morgan fingerprint density at radius 1 is 1.35 bits per heavy atom. The maximum absolute atomic E-state index is 12.3. The summed E-state index contributed by atoms with van der Waals surface area (Å²) in [5.74, 6) is -0.132. The molecule has 1 heterocycles. The van der Waals surface area contributed by atoms with Crippen LogP contribution in [0.1, 0.15) is 18.9 Å². The van der Waals surface area contributed by atoms with Crippen molar-refractivity contribution in [3.63, 3.8) is 0 Å². The monoisotopic (exact) mass is 326 g/mol. The Hall–Kier alpha value is -1.82. The van der Waals surface area contributed by atoms with E-state index in [4.69, 9.17) is 0 Å². The topological polar surface area (TPSA) is 32.3 Å². The van der Waals surface area contributed by atoms with E-state index in [1.807, 2.05) is 37.3 Å². The molecule has 0 spiro atoms. The van der Waals surface area contributed by atoms with Crippen LogP contribution in [-0.2, 0) is 4.79 Å². The van der Waals surface area contributed by atoms with Crippen molar-refractivity contribution in [1.29, 1.82) is 0 Å². The van der Waals surface area contributed by atoms with Gasteiger partial charge in [0, 0.05) is 19.2 Å². The average molecular weight is 326 g/mol. The molecular formula is C17H21F3N2O. The largest absolute Gasteiger partial charge is 0.401 e. The van der Waals surface area contributed by atoms with Crippen molar-refractivity contribution in [3.8, 4) is 0 Å². The van der Waals surface area contributed by atoms with Gasteiger partial charge in [0.1, 0.15) is 0 Å². The summed E-state index contributed by atoms with van der Waals surface area (Å²) in [5, 5.41) is 2.79. The normalized spacial score (nSPS) is 19.8. The van der Waals surface area contributed by atoms with Crippen molar-refractivity contribution >= 4 is 11.5 Å². The summed E-state index contributed by atoms with van der Waals surface area (Å²) in [4.78, 5) is 13.3. The molecular weight excluding hydrogens is 305 g/mol. The molecule has 126 valence electrons. The van der Waals surface area contributed by atoms with Crippen LogP contribution >= 0.6 is 0 Å². The van der Waals surface area contributed by atoms with E-state index in [0.29, 0.717) is 26.1 Å². The number of hydrogen-bond donors (Lipinski definition) is 1. The number of nitrogens with zero attached hydrogens (tertiary/aromatic N) is 1. The molecule has 0 bridgehead atoms. The fraction of sp³-hybridized carbons (Fsp3) is 0.471. The molecule has 1 atom stereocenters. The van der Waals surface area contributed by atoms with E-state index < -0.39 is 12.7 Å². The van der Waals surface area contributed by atoms with Crippen LogP contribution in [0.2, 0.25) is 0 Å². The third-order valence-corrected chi connectivity index (χ3v) is 3.91. The SMILES string of the molecule is C/C(=C/C(=O)NC[C@H]1CCN(CC(F)(F)F)C1)c1ccccc1. The van der Waals surface area contributed by atoms with Crippen LogP contribution in [0.25, 0.3) is 5.57 Å². The molecule has 2 rings (SSSR count). The minimum atomic E-state index is -4.16. The highest BCUT2D eigenvalue weighted by molar-refractivity contribution is 5.94. The number of likely N-dealkylation sites (tertiary alicyclic amines) is 1. The maximum Gasteiger partial charge on any atom is 0.401 e. The lowest BCUT2D eigenvalue weighted by molar-refractivity contribution is -0.143. The van der Waals surface area contributed by atoms with Crippen molar-refractivity contribution in [1.82, 2.24) is 10.2 Å². The molecule has 6 heteroatoms. The number of hydrogen-bond acceptors (Lipinski definition) is 2. The van der Waals surface area contributed by atoms with Crippen LogP contribution in [0.3, 0.4) is 0 Å². The van der Waals surface area contributed by atoms with Crippen molar-refractivity contribution in [2.24, 2.45) is 5.92 Å². The van der Waals surface area contributed by atoms with Crippen LogP contribution in [0.15, 0.2) is 36.4 Å². The number of amides is 1. The molecule has 0 aromatic heterocycles. The highest BCUT2D eigenvalue weighted by Crippen LogP contribution is 2.22. The molecule has 0 radical (unpaired) electrons. The fourth-order valence-electron chi connectivity index (χ4n) is 2.75. The summed E-state index contributed by atoms with van der Waals surface area (Å²) >= 11 is 0. The summed E-state index contributed by atoms with van der Waals surface area (Å²) in [6.07, 6.45) is -1.96. The Balaban J connectivity index is 1.77. The molecule has 0 aliphatic carbocycles. The van der Waals surface area contributed by atoms with Gasteiger partial charge in [-0.15, -0.1) is 0 Å². The average Bonchev–Trinajstić information content (AvgIpc) is 2.91. The molecule has 0 unspecified atom stereocenters. The number of benzene rings is 1. The zero-order valence-electron chi connectivity index (χ0n) is 13.1. The van der Waals surface area contributed by atoms with Gasteiger partial charge in [-0.3, -0.25) is 9.69 Å². The van der Waals surface area contributed by atoms with Crippen LogP contribution in [0.5, 0.6) is 0 Å². The second kappa shape index (κ2) is 7.64. The number of alkyl halides is 3. The summed E-state index contributed by atoms with van der Waals surface area (Å²) in [6.45, 7) is 2.20. The number of halogens is 3. The standard InChI is InChI=1S/C17H21F3N2O/c1-13(15-5-3-2-4-6-15)9-16(23)21-10-14-7-8-22(11-14)12-17(18,19)20/h2-6,9,14H,7-8,10-12H2,1H3,(H,21,23)/b13-9-/t14-/m1/s1. The zero-order chi connectivity index (χ0) is 16.9. The van der Waals surface area contributed by atoms with E-state index in [1.165, 1.54) is 11.0 Å². The van der Waals surface area contributed by atoms with Gasteiger partial charge in [0.15, 0.2) is 0 Å². The molecule has 1 amide bonds. The predicted octanol–water partition coefficient (Wildman–Crippen LogP) is 3.09. The first-order chi connectivity index (χ1) is 10.8. The van der Waals surface area contributed by atoms with E-state index >= 15 is 0 Å². The van der Waals surface area contributed by atoms with Gasteiger partial charge < -0.3 is 5.32 Å². The van der Waals surface area contributed by atoms with Crippen LogP contribution in [0, 0.1) is 5.92 Å². The summed E-state index contributed by atoms with van der Waals surface area (Å²) in [7, 11) is 0. The minimum Gasteiger partial charge on any atom is -0.352 e. The highest BCUT2D eigenvalue weighted by atomic mass is 19.4. The van der Waals surface area contributed by atoms with Gasteiger partial charge >= 0.3 is 6.18 Å². The van der Waals surface area contributed by atoms with Gasteiger partial charge in [0.2, 0.25) is 5.91 Å². The smallest absolute Gasteiger partial charge is 0.352 e. The lowest BCUT2D eigenvalue weighted by Crippen LogP contribution is -2.34. The van der Waals surface area contributed by atoms with Crippen LogP contribution in [0.4, 0.5) is 13.2 Å². The quantitative estimate of drug-likeness (QED) is 0.844. The molecule has 1 N–H and O–H groups in total. The molecule has 1 aromatic rings. The first-order valence-corrected chi connectivity index (χ1v) is 7.64. The summed E-state index contributed by atoms with van der Waals surface area (Å²) in [6, 6.07) is 9.55. The summed E-state index contributed by atoms with van der Waals surface area (Å²) in [5.41, 5.74) is 1.83.